The number of hydrogen-bond acceptors (Lipinski definition) is 3. The van der Waals surface area contributed by atoms with E-state index in [0.717, 1.165) is 11.3 Å². The molecule has 0 spiro atoms. The van der Waals surface area contributed by atoms with Gasteiger partial charge >= 0.3 is 0 Å². The summed E-state index contributed by atoms with van der Waals surface area (Å²) in [6.07, 6.45) is 2.02. The third kappa shape index (κ3) is 5.39. The Morgan fingerprint density at radius 1 is 1.08 bits per heavy atom. The molecule has 0 saturated carbocycles. The normalized spacial score (nSPS) is 10.4. The van der Waals surface area contributed by atoms with Crippen molar-refractivity contribution in [3.8, 4) is 0 Å². The summed E-state index contributed by atoms with van der Waals surface area (Å²) in [5.41, 5.74) is 2.03. The number of halogens is 2. The van der Waals surface area contributed by atoms with Crippen molar-refractivity contribution in [3.05, 3.63) is 63.6 Å². The molecule has 0 aliphatic heterocycles. The average molecular weight is 397 g/mol. The molecule has 2 aromatic carbocycles. The van der Waals surface area contributed by atoms with Gasteiger partial charge in [-0.15, -0.1) is 0 Å². The minimum absolute atomic E-state index is 0.104. The van der Waals surface area contributed by atoms with E-state index in [2.05, 4.69) is 5.32 Å². The van der Waals surface area contributed by atoms with E-state index in [4.69, 9.17) is 23.2 Å². The van der Waals surface area contributed by atoms with Crippen LogP contribution in [-0.4, -0.2) is 36.6 Å². The number of carbonyl (C=O) groups is 2. The lowest BCUT2D eigenvalue weighted by Gasteiger charge is -2.17. The summed E-state index contributed by atoms with van der Waals surface area (Å²) in [7, 11) is 1.58. The zero-order valence-electron chi connectivity index (χ0n) is 13.9. The molecule has 0 heterocycles. The summed E-state index contributed by atoms with van der Waals surface area (Å²) >= 11 is 13.8. The molecule has 25 heavy (non-hydrogen) atoms. The van der Waals surface area contributed by atoms with E-state index in [9.17, 15) is 9.59 Å². The Morgan fingerprint density at radius 3 is 2.24 bits per heavy atom. The van der Waals surface area contributed by atoms with E-state index in [-0.39, 0.29) is 18.4 Å². The van der Waals surface area contributed by atoms with Crippen LogP contribution in [-0.2, 0) is 10.5 Å². The van der Waals surface area contributed by atoms with E-state index in [1.165, 1.54) is 4.90 Å². The zero-order chi connectivity index (χ0) is 18.4. The molecule has 7 heteroatoms. The van der Waals surface area contributed by atoms with Gasteiger partial charge < -0.3 is 10.2 Å². The maximum atomic E-state index is 12.4. The van der Waals surface area contributed by atoms with Crippen molar-refractivity contribution in [3.63, 3.8) is 0 Å². The van der Waals surface area contributed by atoms with Crippen LogP contribution < -0.4 is 5.32 Å². The van der Waals surface area contributed by atoms with Crippen LogP contribution in [0.25, 0.3) is 0 Å². The molecule has 0 aliphatic rings. The molecular formula is C18H18Cl2N2O2S. The van der Waals surface area contributed by atoms with Gasteiger partial charge in [-0.1, -0.05) is 41.4 Å². The molecule has 0 atom stereocenters. The van der Waals surface area contributed by atoms with Crippen molar-refractivity contribution in [1.82, 2.24) is 4.90 Å². The quantitative estimate of drug-likeness (QED) is 0.777. The van der Waals surface area contributed by atoms with Crippen LogP contribution in [0.1, 0.15) is 15.9 Å². The molecule has 2 aromatic rings. The number of amides is 2. The van der Waals surface area contributed by atoms with Crippen LogP contribution in [0, 0.1) is 0 Å². The standard InChI is InChI=1S/C18H18Cl2N2O2S/c1-22(18(24)13-8-6-12(7-9-13)11-25-2)10-16(23)21-17-14(19)4-3-5-15(17)20/h3-9H,10-11H2,1-2H3,(H,21,23). The van der Waals surface area contributed by atoms with E-state index < -0.39 is 0 Å². The number of nitrogens with zero attached hydrogens (tertiary/aromatic N) is 1. The monoisotopic (exact) mass is 396 g/mol. The van der Waals surface area contributed by atoms with Gasteiger partial charge in [-0.05, 0) is 36.1 Å². The van der Waals surface area contributed by atoms with Crippen LogP contribution in [0.15, 0.2) is 42.5 Å². The highest BCUT2D eigenvalue weighted by atomic mass is 35.5. The fourth-order valence-corrected chi connectivity index (χ4v) is 3.23. The lowest BCUT2D eigenvalue weighted by molar-refractivity contribution is -0.116. The van der Waals surface area contributed by atoms with Gasteiger partial charge in [0.2, 0.25) is 5.91 Å². The van der Waals surface area contributed by atoms with Crippen molar-refractivity contribution in [1.29, 1.82) is 0 Å². The van der Waals surface area contributed by atoms with Crippen LogP contribution in [0.3, 0.4) is 0 Å². The van der Waals surface area contributed by atoms with Gasteiger partial charge in [-0.2, -0.15) is 11.8 Å². The van der Waals surface area contributed by atoms with Gasteiger partial charge in [0.25, 0.3) is 5.91 Å². The second kappa shape index (κ2) is 9.13. The van der Waals surface area contributed by atoms with Crippen LogP contribution in [0.4, 0.5) is 5.69 Å². The second-order valence-corrected chi connectivity index (χ2v) is 7.12. The molecule has 0 aliphatic carbocycles. The van der Waals surface area contributed by atoms with Crippen molar-refractivity contribution in [2.75, 3.05) is 25.2 Å². The van der Waals surface area contributed by atoms with Gasteiger partial charge in [0.15, 0.2) is 0 Å². The molecule has 0 aromatic heterocycles. The Bertz CT molecular complexity index is 746. The Balaban J connectivity index is 1.99. The highest BCUT2D eigenvalue weighted by Crippen LogP contribution is 2.29. The SMILES string of the molecule is CSCc1ccc(C(=O)N(C)CC(=O)Nc2c(Cl)cccc2Cl)cc1. The van der Waals surface area contributed by atoms with Crippen LogP contribution >= 0.6 is 35.0 Å². The number of likely N-dealkylation sites (N-methyl/N-ethyl adjacent to an activating group) is 1. The highest BCUT2D eigenvalue weighted by Gasteiger charge is 2.16. The minimum Gasteiger partial charge on any atom is -0.332 e. The Kier molecular flexibility index (Phi) is 7.17. The average Bonchev–Trinajstić information content (AvgIpc) is 2.58. The predicted octanol–water partition coefficient (Wildman–Crippen LogP) is 4.57. The number of benzene rings is 2. The Hall–Kier alpha value is -1.69. The summed E-state index contributed by atoms with van der Waals surface area (Å²) < 4.78 is 0. The highest BCUT2D eigenvalue weighted by molar-refractivity contribution is 7.97. The molecule has 1 N–H and O–H groups in total. The first-order chi connectivity index (χ1) is 11.9. The van der Waals surface area contributed by atoms with Gasteiger partial charge in [-0.3, -0.25) is 9.59 Å². The van der Waals surface area contributed by atoms with E-state index in [1.54, 1.807) is 49.1 Å². The lowest BCUT2D eigenvalue weighted by atomic mass is 10.1. The molecule has 4 nitrogen and oxygen atoms in total. The predicted molar refractivity (Wildman–Crippen MR) is 106 cm³/mol. The maximum absolute atomic E-state index is 12.4. The molecule has 0 fully saturated rings. The summed E-state index contributed by atoms with van der Waals surface area (Å²) in [5.74, 6) is 0.298. The topological polar surface area (TPSA) is 49.4 Å². The van der Waals surface area contributed by atoms with Crippen molar-refractivity contribution in [2.45, 2.75) is 5.75 Å². The fraction of sp³-hybridized carbons (Fsp3) is 0.222. The molecule has 2 amide bonds. The van der Waals surface area contributed by atoms with Gasteiger partial charge in [-0.25, -0.2) is 0 Å². The Morgan fingerprint density at radius 2 is 1.68 bits per heavy atom. The fourth-order valence-electron chi connectivity index (χ4n) is 2.21. The molecule has 0 bridgehead atoms. The van der Waals surface area contributed by atoms with Crippen molar-refractivity contribution >= 4 is 52.5 Å². The number of thioether (sulfide) groups is 1. The first kappa shape index (κ1) is 19.6. The molecular weight excluding hydrogens is 379 g/mol. The largest absolute Gasteiger partial charge is 0.332 e. The molecule has 2 rings (SSSR count). The van der Waals surface area contributed by atoms with Gasteiger partial charge in [0.05, 0.1) is 22.3 Å². The van der Waals surface area contributed by atoms with Crippen LogP contribution in [0.5, 0.6) is 0 Å². The first-order valence-electron chi connectivity index (χ1n) is 7.49. The number of hydrogen-bond donors (Lipinski definition) is 1. The Labute approximate surface area is 161 Å². The zero-order valence-corrected chi connectivity index (χ0v) is 16.2. The molecule has 0 radical (unpaired) electrons. The number of para-hydroxylation sites is 1. The third-order valence-corrected chi connectivity index (χ3v) is 4.72. The van der Waals surface area contributed by atoms with Crippen molar-refractivity contribution < 1.29 is 9.59 Å². The number of carbonyl (C=O) groups excluding carboxylic acids is 2. The molecule has 132 valence electrons. The summed E-state index contributed by atoms with van der Waals surface area (Å²) in [5, 5.41) is 3.34. The van der Waals surface area contributed by atoms with E-state index in [0.29, 0.717) is 21.3 Å². The molecule has 0 saturated heterocycles. The second-order valence-electron chi connectivity index (χ2n) is 5.44. The first-order valence-corrected chi connectivity index (χ1v) is 9.64. The third-order valence-electron chi connectivity index (χ3n) is 3.47. The maximum Gasteiger partial charge on any atom is 0.254 e. The van der Waals surface area contributed by atoms with Gasteiger partial charge in [0, 0.05) is 18.4 Å². The number of anilines is 1. The van der Waals surface area contributed by atoms with E-state index >= 15 is 0 Å². The summed E-state index contributed by atoms with van der Waals surface area (Å²) in [4.78, 5) is 26.0. The lowest BCUT2D eigenvalue weighted by Crippen LogP contribution is -2.35. The van der Waals surface area contributed by atoms with Gasteiger partial charge in [0.1, 0.15) is 0 Å². The number of nitrogens with one attached hydrogen (secondary N) is 1. The summed E-state index contributed by atoms with van der Waals surface area (Å²) in [6.45, 7) is -0.104. The van der Waals surface area contributed by atoms with E-state index in [1.807, 2.05) is 18.4 Å². The molecule has 0 unspecified atom stereocenters. The smallest absolute Gasteiger partial charge is 0.254 e. The number of rotatable bonds is 6. The van der Waals surface area contributed by atoms with Crippen LogP contribution in [0.2, 0.25) is 10.0 Å². The summed E-state index contributed by atoms with van der Waals surface area (Å²) in [6, 6.07) is 12.3. The van der Waals surface area contributed by atoms with Crippen molar-refractivity contribution in [2.24, 2.45) is 0 Å². The minimum atomic E-state index is -0.371.